The van der Waals surface area contributed by atoms with Crippen molar-refractivity contribution in [2.24, 2.45) is 0 Å². The number of hydrogen-bond donors (Lipinski definition) is 0. The number of rotatable bonds is 12. The van der Waals surface area contributed by atoms with Crippen LogP contribution in [-0.4, -0.2) is 41.6 Å². The van der Waals surface area contributed by atoms with Crippen molar-refractivity contribution >= 4 is 21.0 Å². The maximum atomic E-state index is 13.4. The normalized spacial score (nSPS) is 19.9. The molecule has 0 amide bonds. The van der Waals surface area contributed by atoms with Gasteiger partial charge in [0.2, 0.25) is 0 Å². The summed E-state index contributed by atoms with van der Waals surface area (Å²) in [5.41, 5.74) is 0. The Kier molecular flexibility index (Phi) is 10.0. The summed E-state index contributed by atoms with van der Waals surface area (Å²) in [5, 5.41) is 0. The summed E-state index contributed by atoms with van der Waals surface area (Å²) in [5.74, 6) is -2.29. The standard InChI is InChI=1S/C22H32F2O10S2/c1-15(29-17-9-5-3-6-10-17)31-19-13-20(32-16(2)30-18-11-7-4-8-12-18)22(34-36(24,27)28)14-21(19)33-35(23,25)26/h13-18H,3-12H2,1-2H3. The molecule has 0 heterocycles. The highest BCUT2D eigenvalue weighted by molar-refractivity contribution is 7.82. The van der Waals surface area contributed by atoms with Gasteiger partial charge in [0.25, 0.3) is 0 Å². The molecule has 2 aliphatic rings. The summed E-state index contributed by atoms with van der Waals surface area (Å²) in [7, 11) is -11.1. The van der Waals surface area contributed by atoms with E-state index in [1.165, 1.54) is 0 Å². The Morgan fingerprint density at radius 1 is 0.639 bits per heavy atom. The second-order valence-corrected chi connectivity index (χ2v) is 10.8. The number of ether oxygens (including phenoxy) is 4. The third kappa shape index (κ3) is 9.87. The molecular weight excluding hydrogens is 526 g/mol. The third-order valence-corrected chi connectivity index (χ3v) is 6.60. The molecular formula is C22H32F2O10S2. The molecule has 0 aromatic heterocycles. The van der Waals surface area contributed by atoms with Gasteiger partial charge < -0.3 is 27.3 Å². The van der Waals surface area contributed by atoms with E-state index in [1.54, 1.807) is 13.8 Å². The maximum absolute atomic E-state index is 13.4. The minimum absolute atomic E-state index is 0.0815. The summed E-state index contributed by atoms with van der Waals surface area (Å²) < 4.78 is 103. The molecule has 2 fully saturated rings. The average molecular weight is 559 g/mol. The Hall–Kier alpha value is -1.90. The molecule has 0 aliphatic heterocycles. The topological polar surface area (TPSA) is 124 Å². The molecule has 0 bridgehead atoms. The van der Waals surface area contributed by atoms with Crippen molar-refractivity contribution in [1.29, 1.82) is 0 Å². The highest BCUT2D eigenvalue weighted by Crippen LogP contribution is 2.42. The Bertz CT molecular complexity index is 987. The second kappa shape index (κ2) is 12.6. The molecule has 0 saturated heterocycles. The first-order valence-electron chi connectivity index (χ1n) is 12.0. The van der Waals surface area contributed by atoms with Crippen LogP contribution in [-0.2, 0) is 30.5 Å². The summed E-state index contributed by atoms with van der Waals surface area (Å²) in [6, 6.07) is 1.64. The smallest absolute Gasteiger partial charge is 0.461 e. The maximum Gasteiger partial charge on any atom is 0.488 e. The van der Waals surface area contributed by atoms with Gasteiger partial charge in [0.05, 0.1) is 12.2 Å². The van der Waals surface area contributed by atoms with Gasteiger partial charge in [0.1, 0.15) is 0 Å². The van der Waals surface area contributed by atoms with Crippen LogP contribution in [0.2, 0.25) is 0 Å². The largest absolute Gasteiger partial charge is 0.488 e. The Morgan fingerprint density at radius 2 is 0.972 bits per heavy atom. The lowest BCUT2D eigenvalue weighted by Gasteiger charge is -2.27. The van der Waals surface area contributed by atoms with E-state index >= 15 is 0 Å². The van der Waals surface area contributed by atoms with E-state index in [-0.39, 0.29) is 23.7 Å². The first-order valence-corrected chi connectivity index (χ1v) is 14.6. The lowest BCUT2D eigenvalue weighted by Crippen LogP contribution is -2.27. The van der Waals surface area contributed by atoms with Crippen LogP contribution in [0.3, 0.4) is 0 Å². The molecule has 206 valence electrons. The van der Waals surface area contributed by atoms with Crippen LogP contribution >= 0.6 is 0 Å². The van der Waals surface area contributed by atoms with Crippen molar-refractivity contribution in [1.82, 2.24) is 0 Å². The summed E-state index contributed by atoms with van der Waals surface area (Å²) >= 11 is 0. The van der Waals surface area contributed by atoms with Crippen LogP contribution in [0.15, 0.2) is 12.1 Å². The van der Waals surface area contributed by atoms with Gasteiger partial charge in [-0.1, -0.05) is 46.3 Å². The highest BCUT2D eigenvalue weighted by atomic mass is 32.3. The van der Waals surface area contributed by atoms with Crippen LogP contribution in [0.4, 0.5) is 7.77 Å². The Labute approximate surface area is 211 Å². The molecule has 2 saturated carbocycles. The molecule has 2 unspecified atom stereocenters. The average Bonchev–Trinajstić information content (AvgIpc) is 2.76. The minimum atomic E-state index is -5.56. The van der Waals surface area contributed by atoms with E-state index in [9.17, 15) is 24.6 Å². The second-order valence-electron chi connectivity index (χ2n) is 8.86. The molecule has 14 heteroatoms. The number of benzene rings is 1. The summed E-state index contributed by atoms with van der Waals surface area (Å²) in [6.07, 6.45) is 7.45. The van der Waals surface area contributed by atoms with E-state index in [1.807, 2.05) is 0 Å². The lowest BCUT2D eigenvalue weighted by molar-refractivity contribution is -0.120. The molecule has 3 rings (SSSR count). The van der Waals surface area contributed by atoms with Crippen molar-refractivity contribution in [3.8, 4) is 23.0 Å². The Balaban J connectivity index is 1.88. The quantitative estimate of drug-likeness (QED) is 0.255. The molecule has 1 aromatic carbocycles. The summed E-state index contributed by atoms with van der Waals surface area (Å²) in [4.78, 5) is 0. The van der Waals surface area contributed by atoms with Crippen molar-refractivity contribution in [3.05, 3.63) is 12.1 Å². The zero-order chi connectivity index (χ0) is 26.3. The fourth-order valence-electron chi connectivity index (χ4n) is 4.41. The lowest BCUT2D eigenvalue weighted by atomic mass is 9.98. The van der Waals surface area contributed by atoms with Gasteiger partial charge >= 0.3 is 21.0 Å². The van der Waals surface area contributed by atoms with Crippen molar-refractivity contribution < 1.29 is 51.9 Å². The number of hydrogen-bond acceptors (Lipinski definition) is 10. The zero-order valence-corrected chi connectivity index (χ0v) is 21.8. The fraction of sp³-hybridized carbons (Fsp3) is 0.727. The van der Waals surface area contributed by atoms with Gasteiger partial charge in [-0.25, -0.2) is 0 Å². The Morgan fingerprint density at radius 3 is 1.31 bits per heavy atom. The molecule has 0 N–H and O–H groups in total. The molecule has 10 nitrogen and oxygen atoms in total. The molecule has 0 spiro atoms. The van der Waals surface area contributed by atoms with E-state index in [4.69, 9.17) is 18.9 Å². The first-order chi connectivity index (χ1) is 16.9. The first kappa shape index (κ1) is 28.7. The van der Waals surface area contributed by atoms with Gasteiger partial charge in [0, 0.05) is 12.1 Å². The van der Waals surface area contributed by atoms with Crippen molar-refractivity contribution in [3.63, 3.8) is 0 Å². The summed E-state index contributed by atoms with van der Waals surface area (Å²) in [6.45, 7) is 3.10. The van der Waals surface area contributed by atoms with Gasteiger partial charge in [-0.05, 0) is 39.5 Å². The molecule has 0 radical (unpaired) electrons. The van der Waals surface area contributed by atoms with Gasteiger partial charge in [0.15, 0.2) is 35.6 Å². The van der Waals surface area contributed by atoms with Crippen molar-refractivity contribution in [2.75, 3.05) is 0 Å². The van der Waals surface area contributed by atoms with Crippen LogP contribution in [0.1, 0.15) is 78.1 Å². The molecule has 2 aliphatic carbocycles. The molecule has 36 heavy (non-hydrogen) atoms. The van der Waals surface area contributed by atoms with E-state index < -0.39 is 45.1 Å². The zero-order valence-electron chi connectivity index (χ0n) is 20.2. The van der Waals surface area contributed by atoms with Crippen LogP contribution in [0, 0.1) is 0 Å². The van der Waals surface area contributed by atoms with Crippen LogP contribution in [0.5, 0.6) is 23.0 Å². The van der Waals surface area contributed by atoms with Gasteiger partial charge in [-0.3, -0.25) is 0 Å². The van der Waals surface area contributed by atoms with E-state index in [2.05, 4.69) is 8.37 Å². The third-order valence-electron chi connectivity index (χ3n) is 5.85. The fourth-order valence-corrected chi connectivity index (χ4v) is 5.10. The van der Waals surface area contributed by atoms with E-state index in [0.717, 1.165) is 70.3 Å². The van der Waals surface area contributed by atoms with E-state index in [0.29, 0.717) is 6.07 Å². The van der Waals surface area contributed by atoms with Crippen LogP contribution in [0.25, 0.3) is 0 Å². The number of halogens is 2. The highest BCUT2D eigenvalue weighted by Gasteiger charge is 2.27. The van der Waals surface area contributed by atoms with Crippen molar-refractivity contribution in [2.45, 2.75) is 103 Å². The monoisotopic (exact) mass is 558 g/mol. The molecule has 2 atom stereocenters. The molecule has 1 aromatic rings. The van der Waals surface area contributed by atoms with Gasteiger partial charge in [-0.15, -0.1) is 0 Å². The van der Waals surface area contributed by atoms with Gasteiger partial charge in [-0.2, -0.15) is 16.8 Å². The SMILES string of the molecule is CC(Oc1cc(OC(C)OC2CCCCC2)c(OS(=O)(=O)F)cc1OS(=O)(=O)F)OC1CCCCC1. The van der Waals surface area contributed by atoms with Crippen LogP contribution < -0.4 is 17.8 Å². The predicted molar refractivity (Wildman–Crippen MR) is 124 cm³/mol. The predicted octanol–water partition coefficient (Wildman–Crippen LogP) is 5.02. The minimum Gasteiger partial charge on any atom is -0.461 e.